The van der Waals surface area contributed by atoms with E-state index < -0.39 is 30.9 Å². The highest BCUT2D eigenvalue weighted by molar-refractivity contribution is 6.40. The van der Waals surface area contributed by atoms with E-state index in [9.17, 15) is 15.0 Å². The molecule has 0 aliphatic carbocycles. The minimum absolute atomic E-state index is 0.196. The summed E-state index contributed by atoms with van der Waals surface area (Å²) in [4.78, 5) is 11.6. The topological polar surface area (TPSA) is 157 Å². The number of ether oxygens (including phenoxy) is 1. The summed E-state index contributed by atoms with van der Waals surface area (Å²) in [5, 5.41) is 43.0. The van der Waals surface area contributed by atoms with Gasteiger partial charge in [-0.25, -0.2) is 0 Å². The highest BCUT2D eigenvalue weighted by Crippen LogP contribution is 2.27. The van der Waals surface area contributed by atoms with Crippen LogP contribution in [0.15, 0.2) is 0 Å². The number of aliphatic carboxylic acids is 1. The molecule has 1 aliphatic heterocycles. The standard InChI is InChI=1S/C13H28BN3O6/c1-23-8-10(15)11(18)17-9-6-13(12(19)20,16-7-9)4-2-3-5-14(21)22/h9-11,16-18,21-22H,2-8,15H2,1H3,(H,19,20)/t9-,10+,11?,13-/m1/s1. The number of aliphatic hydroxyl groups excluding tert-OH is 1. The van der Waals surface area contributed by atoms with Crippen LogP contribution in [0.25, 0.3) is 0 Å². The molecule has 0 spiro atoms. The minimum Gasteiger partial charge on any atom is -0.480 e. The largest absolute Gasteiger partial charge is 0.480 e. The van der Waals surface area contributed by atoms with Crippen LogP contribution in [-0.2, 0) is 9.53 Å². The molecule has 0 bridgehead atoms. The van der Waals surface area contributed by atoms with Gasteiger partial charge in [-0.2, -0.15) is 0 Å². The van der Waals surface area contributed by atoms with Gasteiger partial charge in [0.1, 0.15) is 11.8 Å². The lowest BCUT2D eigenvalue weighted by Crippen LogP contribution is -2.51. The van der Waals surface area contributed by atoms with Gasteiger partial charge in [0.15, 0.2) is 0 Å². The number of carboxylic acid groups (broad SMARTS) is 1. The predicted molar refractivity (Wildman–Crippen MR) is 84.6 cm³/mol. The van der Waals surface area contributed by atoms with Crippen LogP contribution in [0.4, 0.5) is 0 Å². The van der Waals surface area contributed by atoms with Crippen LogP contribution in [0.5, 0.6) is 0 Å². The second kappa shape index (κ2) is 9.53. The van der Waals surface area contributed by atoms with Crippen LogP contribution in [-0.4, -0.2) is 77.5 Å². The van der Waals surface area contributed by atoms with E-state index >= 15 is 0 Å². The molecular formula is C13H28BN3O6. The quantitative estimate of drug-likeness (QED) is 0.125. The van der Waals surface area contributed by atoms with Crippen LogP contribution >= 0.6 is 0 Å². The second-order valence-corrected chi connectivity index (χ2v) is 6.13. The maximum Gasteiger partial charge on any atom is 0.451 e. The molecule has 1 saturated heterocycles. The SMILES string of the molecule is COC[C@H](N)C(O)N[C@H]1CN[C@@](CCCCB(O)O)(C(=O)O)C1. The van der Waals surface area contributed by atoms with Gasteiger partial charge in [0, 0.05) is 19.7 Å². The summed E-state index contributed by atoms with van der Waals surface area (Å²) in [6, 6.07) is -0.807. The molecule has 0 radical (unpaired) electrons. The summed E-state index contributed by atoms with van der Waals surface area (Å²) < 4.78 is 4.88. The fourth-order valence-corrected chi connectivity index (χ4v) is 2.86. The van der Waals surface area contributed by atoms with E-state index in [0.717, 1.165) is 0 Å². The number of hydrogen-bond acceptors (Lipinski definition) is 8. The van der Waals surface area contributed by atoms with Gasteiger partial charge in [-0.3, -0.25) is 10.1 Å². The summed E-state index contributed by atoms with van der Waals surface area (Å²) in [6.45, 7) is 0.605. The number of rotatable bonds is 11. The smallest absolute Gasteiger partial charge is 0.451 e. The third-order valence-corrected chi connectivity index (χ3v) is 4.18. The fourth-order valence-electron chi connectivity index (χ4n) is 2.86. The Balaban J connectivity index is 2.49. The lowest BCUT2D eigenvalue weighted by molar-refractivity contribution is -0.144. The summed E-state index contributed by atoms with van der Waals surface area (Å²) in [5.41, 5.74) is 4.67. The highest BCUT2D eigenvalue weighted by atomic mass is 16.5. The van der Waals surface area contributed by atoms with Gasteiger partial charge in [-0.1, -0.05) is 12.8 Å². The normalized spacial score (nSPS) is 26.9. The zero-order valence-electron chi connectivity index (χ0n) is 13.4. The second-order valence-electron chi connectivity index (χ2n) is 6.13. The van der Waals surface area contributed by atoms with Crippen molar-refractivity contribution in [1.82, 2.24) is 10.6 Å². The van der Waals surface area contributed by atoms with Gasteiger partial charge in [0.25, 0.3) is 0 Å². The highest BCUT2D eigenvalue weighted by Gasteiger charge is 2.45. The van der Waals surface area contributed by atoms with Crippen molar-refractivity contribution in [2.24, 2.45) is 5.73 Å². The Morgan fingerprint density at radius 3 is 2.78 bits per heavy atom. The average molecular weight is 333 g/mol. The first-order chi connectivity index (χ1) is 10.8. The van der Waals surface area contributed by atoms with Crippen LogP contribution < -0.4 is 16.4 Å². The Bertz CT molecular complexity index is 376. The maximum atomic E-state index is 11.6. The maximum absolute atomic E-state index is 11.6. The molecule has 1 heterocycles. The van der Waals surface area contributed by atoms with Crippen LogP contribution in [0.2, 0.25) is 6.32 Å². The van der Waals surface area contributed by atoms with E-state index in [1.54, 1.807) is 0 Å². The number of carboxylic acids is 1. The molecule has 1 unspecified atom stereocenters. The van der Waals surface area contributed by atoms with Crippen molar-refractivity contribution in [3.8, 4) is 0 Å². The van der Waals surface area contributed by atoms with E-state index in [0.29, 0.717) is 32.2 Å². The van der Waals surface area contributed by atoms with Crippen molar-refractivity contribution in [3.63, 3.8) is 0 Å². The number of carbonyl (C=O) groups is 1. The molecule has 10 heteroatoms. The first-order valence-corrected chi connectivity index (χ1v) is 7.84. The van der Waals surface area contributed by atoms with Gasteiger partial charge in [0.2, 0.25) is 0 Å². The van der Waals surface area contributed by atoms with Crippen LogP contribution in [0, 0.1) is 0 Å². The van der Waals surface area contributed by atoms with Crippen molar-refractivity contribution in [2.75, 3.05) is 20.3 Å². The molecule has 134 valence electrons. The van der Waals surface area contributed by atoms with Crippen molar-refractivity contribution in [2.45, 2.75) is 55.9 Å². The van der Waals surface area contributed by atoms with Crippen molar-refractivity contribution >= 4 is 13.1 Å². The predicted octanol–water partition coefficient (Wildman–Crippen LogP) is -2.30. The Morgan fingerprint density at radius 2 is 2.22 bits per heavy atom. The third kappa shape index (κ3) is 6.34. The van der Waals surface area contributed by atoms with Crippen molar-refractivity contribution in [1.29, 1.82) is 0 Å². The molecule has 1 rings (SSSR count). The Morgan fingerprint density at radius 1 is 1.52 bits per heavy atom. The van der Waals surface area contributed by atoms with Crippen LogP contribution in [0.3, 0.4) is 0 Å². The summed E-state index contributed by atoms with van der Waals surface area (Å²) in [6.07, 6.45) is 1.05. The molecule has 0 amide bonds. The lowest BCUT2D eigenvalue weighted by Gasteiger charge is -2.26. The minimum atomic E-state index is -1.36. The molecule has 0 aromatic carbocycles. The Kier molecular flexibility index (Phi) is 8.41. The zero-order valence-corrected chi connectivity index (χ0v) is 13.4. The Labute approximate surface area is 136 Å². The number of hydrogen-bond donors (Lipinski definition) is 7. The van der Waals surface area contributed by atoms with Gasteiger partial charge >= 0.3 is 13.1 Å². The zero-order chi connectivity index (χ0) is 17.5. The van der Waals surface area contributed by atoms with E-state index in [1.165, 1.54) is 7.11 Å². The molecule has 4 atom stereocenters. The van der Waals surface area contributed by atoms with Crippen LogP contribution in [0.1, 0.15) is 25.7 Å². The van der Waals surface area contributed by atoms with Gasteiger partial charge in [-0.05, 0) is 19.2 Å². The van der Waals surface area contributed by atoms with Crippen molar-refractivity contribution < 1.29 is 29.8 Å². The molecule has 0 aromatic rings. The van der Waals surface area contributed by atoms with E-state index in [2.05, 4.69) is 10.6 Å². The fraction of sp³-hybridized carbons (Fsp3) is 0.923. The van der Waals surface area contributed by atoms with Gasteiger partial charge in [-0.15, -0.1) is 0 Å². The molecule has 8 N–H and O–H groups in total. The molecule has 23 heavy (non-hydrogen) atoms. The van der Waals surface area contributed by atoms with Gasteiger partial charge in [0.05, 0.1) is 12.6 Å². The number of methoxy groups -OCH3 is 1. The van der Waals surface area contributed by atoms with E-state index in [-0.39, 0.29) is 19.0 Å². The summed E-state index contributed by atoms with van der Waals surface area (Å²) in [5.74, 6) is -0.943. The number of unbranched alkanes of at least 4 members (excludes halogenated alkanes) is 1. The molecule has 1 fully saturated rings. The number of nitrogens with two attached hydrogens (primary N) is 1. The van der Waals surface area contributed by atoms with Crippen molar-refractivity contribution in [3.05, 3.63) is 0 Å². The Hall–Kier alpha value is -0.745. The first-order valence-electron chi connectivity index (χ1n) is 7.84. The molecule has 0 saturated carbocycles. The molecule has 9 nitrogen and oxygen atoms in total. The number of aliphatic hydroxyl groups is 1. The average Bonchev–Trinajstić information content (AvgIpc) is 2.88. The lowest BCUT2D eigenvalue weighted by atomic mass is 9.81. The van der Waals surface area contributed by atoms with Gasteiger partial charge < -0.3 is 36.0 Å². The van der Waals surface area contributed by atoms with E-state index in [1.807, 2.05) is 0 Å². The molecular weight excluding hydrogens is 305 g/mol. The summed E-state index contributed by atoms with van der Waals surface area (Å²) >= 11 is 0. The monoisotopic (exact) mass is 333 g/mol. The molecule has 0 aromatic heterocycles. The molecule has 1 aliphatic rings. The first kappa shape index (κ1) is 20.3. The third-order valence-electron chi connectivity index (χ3n) is 4.18. The summed E-state index contributed by atoms with van der Waals surface area (Å²) in [7, 11) is 0.127. The number of nitrogens with one attached hydrogen (secondary N) is 2. The van der Waals surface area contributed by atoms with E-state index in [4.69, 9.17) is 20.5 Å².